The highest BCUT2D eigenvalue weighted by molar-refractivity contribution is 5.84. The molecule has 6 heteroatoms. The van der Waals surface area contributed by atoms with Crippen molar-refractivity contribution in [2.75, 3.05) is 0 Å². The fourth-order valence-electron chi connectivity index (χ4n) is 1.05. The van der Waals surface area contributed by atoms with Crippen molar-refractivity contribution in [3.05, 3.63) is 41.6 Å². The summed E-state index contributed by atoms with van der Waals surface area (Å²) in [7, 11) is 0. The van der Waals surface area contributed by atoms with E-state index < -0.39 is 17.5 Å². The number of carboxylic acid groups (broad SMARTS) is 1. The van der Waals surface area contributed by atoms with Gasteiger partial charge in [0.2, 0.25) is 5.76 Å². The Bertz CT molecular complexity index is 467. The van der Waals surface area contributed by atoms with E-state index in [-0.39, 0.29) is 12.2 Å². The maximum absolute atomic E-state index is 12.8. The quantitative estimate of drug-likeness (QED) is 0.481. The molecule has 5 nitrogen and oxygen atoms in total. The van der Waals surface area contributed by atoms with Crippen LogP contribution in [-0.4, -0.2) is 17.5 Å². The molecule has 0 amide bonds. The lowest BCUT2D eigenvalue weighted by molar-refractivity contribution is -0.135. The van der Waals surface area contributed by atoms with Gasteiger partial charge in [-0.2, -0.15) is 0 Å². The molecule has 0 aliphatic heterocycles. The number of benzene rings is 1. The monoisotopic (exact) mass is 240 g/mol. The molecule has 0 unspecified atom stereocenters. The summed E-state index contributed by atoms with van der Waals surface area (Å²) in [5, 5.41) is 8.74. The molecule has 0 aliphatic carbocycles. The molecule has 17 heavy (non-hydrogen) atoms. The molecule has 0 aliphatic rings. The lowest BCUT2D eigenvalue weighted by Gasteiger charge is -2.08. The molecule has 0 radical (unpaired) electrons. The maximum atomic E-state index is 12.8. The highest BCUT2D eigenvalue weighted by Crippen LogP contribution is 2.20. The molecule has 0 fully saturated rings. The topological polar surface area (TPSA) is 72.8 Å². The van der Waals surface area contributed by atoms with Gasteiger partial charge in [-0.3, -0.25) is 4.79 Å². The SMILES string of the molecule is Cc1cc(F)ccc1O/C(=C\OC=O)C(=O)O. The van der Waals surface area contributed by atoms with Gasteiger partial charge in [-0.1, -0.05) is 0 Å². The minimum Gasteiger partial charge on any atom is -0.475 e. The van der Waals surface area contributed by atoms with Gasteiger partial charge in [0.15, 0.2) is 0 Å². The van der Waals surface area contributed by atoms with E-state index in [0.717, 1.165) is 6.07 Å². The fraction of sp³-hybridized carbons (Fsp3) is 0.0909. The standard InChI is InChI=1S/C11H9FO5/c1-7-4-8(12)2-3-9(7)17-10(11(14)15)5-16-6-13/h2-6H,1H3,(H,14,15)/b10-5-. The summed E-state index contributed by atoms with van der Waals surface area (Å²) in [6.45, 7) is 1.61. The maximum Gasteiger partial charge on any atom is 0.375 e. The van der Waals surface area contributed by atoms with Gasteiger partial charge in [-0.25, -0.2) is 9.18 Å². The lowest BCUT2D eigenvalue weighted by atomic mass is 10.2. The van der Waals surface area contributed by atoms with Crippen LogP contribution in [0.4, 0.5) is 4.39 Å². The molecule has 90 valence electrons. The number of carbonyl (C=O) groups excluding carboxylic acids is 1. The molecule has 0 aromatic heterocycles. The first-order chi connectivity index (χ1) is 8.04. The van der Waals surface area contributed by atoms with E-state index in [1.54, 1.807) is 6.92 Å². The molecule has 1 rings (SSSR count). The predicted molar refractivity (Wildman–Crippen MR) is 54.6 cm³/mol. The largest absolute Gasteiger partial charge is 0.475 e. The number of carboxylic acids is 1. The Morgan fingerprint density at radius 2 is 2.18 bits per heavy atom. The summed E-state index contributed by atoms with van der Waals surface area (Å²) in [4.78, 5) is 20.7. The van der Waals surface area contributed by atoms with E-state index in [4.69, 9.17) is 9.84 Å². The predicted octanol–water partition coefficient (Wildman–Crippen LogP) is 1.61. The van der Waals surface area contributed by atoms with Crippen molar-refractivity contribution in [1.29, 1.82) is 0 Å². The minimum absolute atomic E-state index is 0.0593. The number of rotatable bonds is 5. The second-order valence-electron chi connectivity index (χ2n) is 3.03. The van der Waals surface area contributed by atoms with Gasteiger partial charge in [0, 0.05) is 0 Å². The van der Waals surface area contributed by atoms with Crippen molar-refractivity contribution in [1.82, 2.24) is 0 Å². The van der Waals surface area contributed by atoms with E-state index in [0.29, 0.717) is 11.8 Å². The molecule has 0 atom stereocenters. The van der Waals surface area contributed by atoms with Crippen LogP contribution < -0.4 is 4.74 Å². The second-order valence-corrected chi connectivity index (χ2v) is 3.03. The fourth-order valence-corrected chi connectivity index (χ4v) is 1.05. The number of hydrogen-bond acceptors (Lipinski definition) is 4. The van der Waals surface area contributed by atoms with Crippen LogP contribution in [0, 0.1) is 12.7 Å². The molecular formula is C11H9FO5. The number of aryl methyl sites for hydroxylation is 1. The Morgan fingerprint density at radius 3 is 2.71 bits per heavy atom. The summed E-state index contributed by atoms with van der Waals surface area (Å²) in [6, 6.07) is 3.60. The highest BCUT2D eigenvalue weighted by atomic mass is 19.1. The minimum atomic E-state index is -1.41. The molecule has 0 heterocycles. The van der Waals surface area contributed by atoms with Crippen molar-refractivity contribution in [3.8, 4) is 5.75 Å². The number of ether oxygens (including phenoxy) is 2. The van der Waals surface area contributed by atoms with E-state index in [1.807, 2.05) is 0 Å². The molecular weight excluding hydrogens is 231 g/mol. The smallest absolute Gasteiger partial charge is 0.375 e. The molecule has 1 aromatic carbocycles. The average molecular weight is 240 g/mol. The summed E-state index contributed by atoms with van der Waals surface area (Å²) >= 11 is 0. The van der Waals surface area contributed by atoms with Crippen LogP contribution in [0.2, 0.25) is 0 Å². The Balaban J connectivity index is 2.93. The first-order valence-electron chi connectivity index (χ1n) is 4.51. The lowest BCUT2D eigenvalue weighted by Crippen LogP contribution is -2.09. The van der Waals surface area contributed by atoms with Gasteiger partial charge < -0.3 is 14.6 Å². The van der Waals surface area contributed by atoms with Crippen molar-refractivity contribution >= 4 is 12.4 Å². The second kappa shape index (κ2) is 5.64. The molecule has 1 aromatic rings. The summed E-state index contributed by atoms with van der Waals surface area (Å²) < 4.78 is 21.9. The van der Waals surface area contributed by atoms with Gasteiger partial charge in [0.1, 0.15) is 17.8 Å². The van der Waals surface area contributed by atoms with E-state index >= 15 is 0 Å². The number of hydrogen-bond donors (Lipinski definition) is 1. The highest BCUT2D eigenvalue weighted by Gasteiger charge is 2.12. The third kappa shape index (κ3) is 3.60. The first-order valence-corrected chi connectivity index (χ1v) is 4.51. The van der Waals surface area contributed by atoms with Crippen LogP contribution in [0.1, 0.15) is 5.56 Å². The van der Waals surface area contributed by atoms with Crippen LogP contribution in [0.5, 0.6) is 5.75 Å². The van der Waals surface area contributed by atoms with Crippen LogP contribution in [0.15, 0.2) is 30.2 Å². The third-order valence-corrected chi connectivity index (χ3v) is 1.80. The molecule has 0 bridgehead atoms. The molecule has 0 saturated heterocycles. The first kappa shape index (κ1) is 12.7. The van der Waals surface area contributed by atoms with E-state index in [9.17, 15) is 14.0 Å². The Morgan fingerprint density at radius 1 is 1.47 bits per heavy atom. The van der Waals surface area contributed by atoms with Crippen molar-refractivity contribution in [2.24, 2.45) is 0 Å². The van der Waals surface area contributed by atoms with Crippen LogP contribution in [-0.2, 0) is 14.3 Å². The summed E-state index contributed by atoms with van der Waals surface area (Å²) in [5.74, 6) is -2.28. The van der Waals surface area contributed by atoms with Crippen LogP contribution >= 0.6 is 0 Å². The average Bonchev–Trinajstić information content (AvgIpc) is 2.26. The van der Waals surface area contributed by atoms with E-state index in [1.165, 1.54) is 12.1 Å². The Labute approximate surface area is 96.1 Å². The zero-order chi connectivity index (χ0) is 12.8. The number of aliphatic carboxylic acids is 1. The van der Waals surface area contributed by atoms with Gasteiger partial charge >= 0.3 is 5.97 Å². The van der Waals surface area contributed by atoms with Crippen LogP contribution in [0.25, 0.3) is 0 Å². The van der Waals surface area contributed by atoms with E-state index in [2.05, 4.69) is 4.74 Å². The normalized spacial score (nSPS) is 10.8. The Hall–Kier alpha value is -2.37. The van der Waals surface area contributed by atoms with Gasteiger partial charge in [-0.05, 0) is 30.7 Å². The van der Waals surface area contributed by atoms with Crippen molar-refractivity contribution in [2.45, 2.75) is 6.92 Å². The molecule has 0 spiro atoms. The van der Waals surface area contributed by atoms with Crippen LogP contribution in [0.3, 0.4) is 0 Å². The number of halogens is 1. The summed E-state index contributed by atoms with van der Waals surface area (Å²) in [5.41, 5.74) is 0.420. The number of carbonyl (C=O) groups is 2. The molecule has 1 N–H and O–H groups in total. The zero-order valence-corrected chi connectivity index (χ0v) is 8.84. The van der Waals surface area contributed by atoms with Gasteiger partial charge in [0.25, 0.3) is 6.47 Å². The zero-order valence-electron chi connectivity index (χ0n) is 8.84. The Kier molecular flexibility index (Phi) is 4.21. The van der Waals surface area contributed by atoms with Gasteiger partial charge in [-0.15, -0.1) is 0 Å². The third-order valence-electron chi connectivity index (χ3n) is 1.80. The molecule has 0 saturated carbocycles. The van der Waals surface area contributed by atoms with Crippen molar-refractivity contribution < 1.29 is 28.6 Å². The van der Waals surface area contributed by atoms with Gasteiger partial charge in [0.05, 0.1) is 0 Å². The van der Waals surface area contributed by atoms with Crippen molar-refractivity contribution in [3.63, 3.8) is 0 Å². The summed E-state index contributed by atoms with van der Waals surface area (Å²) in [6.07, 6.45) is 0.651.